The van der Waals surface area contributed by atoms with Crippen LogP contribution in [-0.4, -0.2) is 56.8 Å². The molecule has 0 aliphatic carbocycles. The van der Waals surface area contributed by atoms with Crippen molar-refractivity contribution in [3.05, 3.63) is 35.5 Å². The summed E-state index contributed by atoms with van der Waals surface area (Å²) in [6, 6.07) is 8.23. The lowest BCUT2D eigenvalue weighted by Crippen LogP contribution is -2.71. The van der Waals surface area contributed by atoms with E-state index in [1.165, 1.54) is 5.56 Å². The fourth-order valence-corrected chi connectivity index (χ4v) is 6.42. The van der Waals surface area contributed by atoms with Gasteiger partial charge in [0, 0.05) is 34.6 Å². The molecule has 0 radical (unpaired) electrons. The van der Waals surface area contributed by atoms with Crippen molar-refractivity contribution in [3.63, 3.8) is 0 Å². The third-order valence-electron chi connectivity index (χ3n) is 7.32. The molecule has 0 saturated carbocycles. The van der Waals surface area contributed by atoms with Crippen LogP contribution >= 0.6 is 0 Å². The minimum Gasteiger partial charge on any atom is -0.356 e. The predicted molar refractivity (Wildman–Crippen MR) is 117 cm³/mol. The van der Waals surface area contributed by atoms with Crippen LogP contribution in [0, 0.1) is 0 Å². The first-order valence-corrected chi connectivity index (χ1v) is 11.0. The summed E-state index contributed by atoms with van der Waals surface area (Å²) in [4.78, 5) is 34.6. The fraction of sp³-hybridized carbons (Fsp3) is 0.583. The quantitative estimate of drug-likeness (QED) is 0.762. The van der Waals surface area contributed by atoms with Gasteiger partial charge in [-0.1, -0.05) is 18.2 Å². The van der Waals surface area contributed by atoms with Crippen LogP contribution in [0.25, 0.3) is 10.9 Å². The van der Waals surface area contributed by atoms with Crippen molar-refractivity contribution in [2.75, 3.05) is 13.1 Å². The number of nitrogens with one attached hydrogen (secondary N) is 2. The lowest BCUT2D eigenvalue weighted by molar-refractivity contribution is -0.170. The van der Waals surface area contributed by atoms with Gasteiger partial charge in [0.2, 0.25) is 5.91 Å². The second-order valence-corrected chi connectivity index (χ2v) is 10.8. The van der Waals surface area contributed by atoms with Gasteiger partial charge < -0.3 is 20.1 Å². The first-order valence-electron chi connectivity index (χ1n) is 11.0. The monoisotopic (exact) mass is 408 g/mol. The van der Waals surface area contributed by atoms with Gasteiger partial charge in [-0.15, -0.1) is 0 Å². The minimum absolute atomic E-state index is 0.0430. The maximum atomic E-state index is 14.1. The van der Waals surface area contributed by atoms with E-state index >= 15 is 0 Å². The van der Waals surface area contributed by atoms with E-state index < -0.39 is 5.54 Å². The van der Waals surface area contributed by atoms with Crippen molar-refractivity contribution in [1.82, 2.24) is 20.1 Å². The lowest BCUT2D eigenvalue weighted by atomic mass is 9.77. The van der Waals surface area contributed by atoms with Crippen LogP contribution in [0.5, 0.6) is 0 Å². The molecule has 6 nitrogen and oxygen atoms in total. The van der Waals surface area contributed by atoms with Crippen molar-refractivity contribution in [2.45, 2.75) is 76.5 Å². The second-order valence-electron chi connectivity index (χ2n) is 10.8. The standard InChI is InChI=1S/C24H32N4O2/c1-22(2)12-15(13-23(3,4)26-22)27-14-19(29)28-11-10-17-16-8-6-7-9-18(16)25-20(17)24(28,5)21(27)30/h6-9,15,25-26H,10-14H2,1-5H3/t24-/m1/s1. The third-order valence-corrected chi connectivity index (χ3v) is 7.32. The molecule has 2 amide bonds. The number of amides is 2. The average molecular weight is 409 g/mol. The number of hydrogen-bond donors (Lipinski definition) is 2. The number of H-pyrrole nitrogens is 1. The molecule has 4 heterocycles. The van der Waals surface area contributed by atoms with Gasteiger partial charge in [0.15, 0.2) is 5.54 Å². The number of piperazine rings is 1. The molecule has 3 aliphatic rings. The van der Waals surface area contributed by atoms with Gasteiger partial charge in [-0.3, -0.25) is 9.59 Å². The van der Waals surface area contributed by atoms with E-state index in [2.05, 4.69) is 44.1 Å². The zero-order valence-electron chi connectivity index (χ0n) is 18.6. The van der Waals surface area contributed by atoms with Crippen molar-refractivity contribution >= 4 is 22.7 Å². The van der Waals surface area contributed by atoms with E-state index in [0.29, 0.717) is 6.54 Å². The third kappa shape index (κ3) is 2.73. The number of hydrogen-bond acceptors (Lipinski definition) is 3. The Bertz CT molecular complexity index is 1040. The van der Waals surface area contributed by atoms with Crippen LogP contribution < -0.4 is 5.32 Å². The molecule has 6 heteroatoms. The Hall–Kier alpha value is -2.34. The highest BCUT2D eigenvalue weighted by Crippen LogP contribution is 2.43. The summed E-state index contributed by atoms with van der Waals surface area (Å²) in [5.74, 6) is 0.101. The van der Waals surface area contributed by atoms with E-state index in [1.807, 2.05) is 30.0 Å². The summed E-state index contributed by atoms with van der Waals surface area (Å²) in [6.07, 6.45) is 2.46. The first kappa shape index (κ1) is 19.6. The van der Waals surface area contributed by atoms with Gasteiger partial charge in [0.05, 0.1) is 5.69 Å². The highest BCUT2D eigenvalue weighted by atomic mass is 16.2. The molecule has 160 valence electrons. The Morgan fingerprint density at radius 2 is 1.67 bits per heavy atom. The molecule has 2 aromatic rings. The number of benzene rings is 1. The molecule has 2 fully saturated rings. The Balaban J connectivity index is 1.59. The fourth-order valence-electron chi connectivity index (χ4n) is 6.42. The van der Waals surface area contributed by atoms with Crippen molar-refractivity contribution in [3.8, 4) is 0 Å². The summed E-state index contributed by atoms with van der Waals surface area (Å²) in [6.45, 7) is 11.4. The maximum Gasteiger partial charge on any atom is 0.255 e. The number of carbonyl (C=O) groups is 2. The minimum atomic E-state index is -0.971. The van der Waals surface area contributed by atoms with Gasteiger partial charge in [0.1, 0.15) is 6.54 Å². The molecule has 0 unspecified atom stereocenters. The Morgan fingerprint density at radius 1 is 1.00 bits per heavy atom. The SMILES string of the molecule is CC1(C)CC(N2CC(=O)N3CCc4c([nH]c5ccccc45)[C@]3(C)C2=O)CC(C)(C)N1. The van der Waals surface area contributed by atoms with E-state index in [-0.39, 0.29) is 35.5 Å². The van der Waals surface area contributed by atoms with Gasteiger partial charge in [-0.25, -0.2) is 0 Å². The number of rotatable bonds is 1. The van der Waals surface area contributed by atoms with Gasteiger partial charge in [0.25, 0.3) is 5.91 Å². The summed E-state index contributed by atoms with van der Waals surface area (Å²) >= 11 is 0. The van der Waals surface area contributed by atoms with Gasteiger partial charge in [-0.05, 0) is 65.5 Å². The normalized spacial score (nSPS) is 28.6. The van der Waals surface area contributed by atoms with Crippen molar-refractivity contribution in [2.24, 2.45) is 0 Å². The van der Waals surface area contributed by atoms with Gasteiger partial charge >= 0.3 is 0 Å². The molecule has 0 bridgehead atoms. The molecule has 1 aromatic carbocycles. The van der Waals surface area contributed by atoms with Crippen molar-refractivity contribution in [1.29, 1.82) is 0 Å². The molecular weight excluding hydrogens is 376 g/mol. The van der Waals surface area contributed by atoms with Crippen LogP contribution in [0.15, 0.2) is 24.3 Å². The molecular formula is C24H32N4O2. The average Bonchev–Trinajstić information content (AvgIpc) is 3.02. The van der Waals surface area contributed by atoms with Crippen LogP contribution in [0.4, 0.5) is 0 Å². The van der Waals surface area contributed by atoms with Gasteiger partial charge in [-0.2, -0.15) is 0 Å². The summed E-state index contributed by atoms with van der Waals surface area (Å²) in [7, 11) is 0. The molecule has 1 aromatic heterocycles. The number of fused-ring (bicyclic) bond motifs is 5. The molecule has 2 saturated heterocycles. The number of para-hydroxylation sites is 1. The van der Waals surface area contributed by atoms with E-state index in [4.69, 9.17) is 0 Å². The largest absolute Gasteiger partial charge is 0.356 e. The van der Waals surface area contributed by atoms with Crippen LogP contribution in [0.1, 0.15) is 58.7 Å². The number of piperidine rings is 1. The Labute approximate surface area is 178 Å². The topological polar surface area (TPSA) is 68.4 Å². The number of aromatic nitrogens is 1. The van der Waals surface area contributed by atoms with Crippen molar-refractivity contribution < 1.29 is 9.59 Å². The summed E-state index contributed by atoms with van der Waals surface area (Å²) in [5.41, 5.74) is 1.95. The Morgan fingerprint density at radius 3 is 2.37 bits per heavy atom. The Kier molecular flexibility index (Phi) is 3.99. The highest BCUT2D eigenvalue weighted by Gasteiger charge is 2.56. The molecule has 3 aliphatic heterocycles. The first-order chi connectivity index (χ1) is 14.0. The smallest absolute Gasteiger partial charge is 0.255 e. The van der Waals surface area contributed by atoms with Crippen LogP contribution in [0.2, 0.25) is 0 Å². The summed E-state index contributed by atoms with van der Waals surface area (Å²) in [5, 5.41) is 4.85. The van der Waals surface area contributed by atoms with E-state index in [9.17, 15) is 9.59 Å². The van der Waals surface area contributed by atoms with E-state index in [1.54, 1.807) is 4.90 Å². The number of carbonyl (C=O) groups excluding carboxylic acids is 2. The molecule has 5 rings (SSSR count). The zero-order valence-corrected chi connectivity index (χ0v) is 18.6. The zero-order chi connectivity index (χ0) is 21.5. The summed E-state index contributed by atoms with van der Waals surface area (Å²) < 4.78 is 0. The molecule has 30 heavy (non-hydrogen) atoms. The van der Waals surface area contributed by atoms with Crippen LogP contribution in [0.3, 0.4) is 0 Å². The number of nitrogens with zero attached hydrogens (tertiary/aromatic N) is 2. The predicted octanol–water partition coefficient (Wildman–Crippen LogP) is 2.92. The van der Waals surface area contributed by atoms with E-state index in [0.717, 1.165) is 35.9 Å². The lowest BCUT2D eigenvalue weighted by Gasteiger charge is -2.55. The second kappa shape index (κ2) is 6.10. The number of aromatic amines is 1. The molecule has 2 N–H and O–H groups in total. The maximum absolute atomic E-state index is 14.1. The highest BCUT2D eigenvalue weighted by molar-refractivity contribution is 6.01. The molecule has 0 spiro atoms. The molecule has 1 atom stereocenters. The van der Waals surface area contributed by atoms with Crippen LogP contribution in [-0.2, 0) is 21.5 Å².